The Morgan fingerprint density at radius 1 is 1.53 bits per heavy atom. The highest BCUT2D eigenvalue weighted by atomic mass is 16.3. The van der Waals surface area contributed by atoms with Gasteiger partial charge in [0.15, 0.2) is 6.29 Å². The molecule has 2 N–H and O–H groups in total. The van der Waals surface area contributed by atoms with Gasteiger partial charge in [-0.05, 0) is 6.07 Å². The van der Waals surface area contributed by atoms with Crippen molar-refractivity contribution >= 4 is 6.29 Å². The van der Waals surface area contributed by atoms with Crippen LogP contribution in [0.25, 0.3) is 0 Å². The average Bonchev–Trinajstić information content (AvgIpc) is 2.28. The minimum absolute atomic E-state index is 0.174. The molecule has 0 aliphatic heterocycles. The molecule has 5 nitrogen and oxygen atoms in total. The Hall–Kier alpha value is -1.77. The van der Waals surface area contributed by atoms with Gasteiger partial charge in [-0.2, -0.15) is 5.26 Å². The van der Waals surface area contributed by atoms with E-state index in [0.29, 0.717) is 17.4 Å². The van der Waals surface area contributed by atoms with Crippen molar-refractivity contribution in [1.82, 2.24) is 4.98 Å². The van der Waals surface area contributed by atoms with E-state index in [1.165, 1.54) is 18.5 Å². The van der Waals surface area contributed by atoms with E-state index in [1.807, 2.05) is 0 Å². The van der Waals surface area contributed by atoms with E-state index >= 15 is 0 Å². The van der Waals surface area contributed by atoms with Crippen molar-refractivity contribution in [2.24, 2.45) is 0 Å². The molecule has 15 heavy (non-hydrogen) atoms. The lowest BCUT2D eigenvalue weighted by atomic mass is 10.0. The highest BCUT2D eigenvalue weighted by Gasteiger charge is 2.18. The third-order valence-electron chi connectivity index (χ3n) is 1.92. The van der Waals surface area contributed by atoms with Gasteiger partial charge in [-0.15, -0.1) is 0 Å². The first-order chi connectivity index (χ1) is 7.19. The maximum absolute atomic E-state index is 10.4. The fourth-order valence-corrected chi connectivity index (χ4v) is 1.13. The number of aromatic nitrogens is 1. The van der Waals surface area contributed by atoms with Crippen molar-refractivity contribution in [3.63, 3.8) is 0 Å². The van der Waals surface area contributed by atoms with Crippen LogP contribution in [-0.2, 0) is 0 Å². The lowest BCUT2D eigenvalue weighted by Crippen LogP contribution is -2.17. The van der Waals surface area contributed by atoms with Crippen molar-refractivity contribution in [1.29, 1.82) is 5.26 Å². The third-order valence-corrected chi connectivity index (χ3v) is 1.92. The fourth-order valence-electron chi connectivity index (χ4n) is 1.13. The zero-order valence-corrected chi connectivity index (χ0v) is 7.87. The van der Waals surface area contributed by atoms with Crippen molar-refractivity contribution < 1.29 is 15.0 Å². The molecule has 0 saturated heterocycles. The molecular formula is C10H10N2O3. The van der Waals surface area contributed by atoms with E-state index in [4.69, 9.17) is 5.26 Å². The van der Waals surface area contributed by atoms with E-state index < -0.39 is 12.2 Å². The molecule has 1 aromatic heterocycles. The number of aliphatic hydroxyl groups is 2. The number of nitriles is 1. The summed E-state index contributed by atoms with van der Waals surface area (Å²) in [6.07, 6.45) is 0.751. The molecule has 0 aliphatic rings. The minimum Gasteiger partial charge on any atom is -0.389 e. The SMILES string of the molecule is N#CCC(O)C(O)c1cncc(C=O)c1. The van der Waals surface area contributed by atoms with Crippen LogP contribution in [0.1, 0.15) is 28.4 Å². The zero-order valence-electron chi connectivity index (χ0n) is 7.87. The van der Waals surface area contributed by atoms with E-state index in [1.54, 1.807) is 6.07 Å². The summed E-state index contributed by atoms with van der Waals surface area (Å²) in [5, 5.41) is 27.3. The quantitative estimate of drug-likeness (QED) is 0.686. The van der Waals surface area contributed by atoms with Gasteiger partial charge in [-0.3, -0.25) is 9.78 Å². The molecule has 0 spiro atoms. The second kappa shape index (κ2) is 5.20. The lowest BCUT2D eigenvalue weighted by Gasteiger charge is -2.14. The molecule has 0 amide bonds. The molecular weight excluding hydrogens is 196 g/mol. The van der Waals surface area contributed by atoms with E-state index in [2.05, 4.69) is 4.98 Å². The Morgan fingerprint density at radius 2 is 2.27 bits per heavy atom. The Balaban J connectivity index is 2.86. The van der Waals surface area contributed by atoms with Crippen molar-refractivity contribution in [2.75, 3.05) is 0 Å². The largest absolute Gasteiger partial charge is 0.389 e. The van der Waals surface area contributed by atoms with Crippen molar-refractivity contribution in [2.45, 2.75) is 18.6 Å². The topological polar surface area (TPSA) is 94.2 Å². The summed E-state index contributed by atoms with van der Waals surface area (Å²) in [5.41, 5.74) is 0.637. The predicted molar refractivity (Wildman–Crippen MR) is 50.8 cm³/mol. The van der Waals surface area contributed by atoms with Gasteiger partial charge in [-0.25, -0.2) is 0 Å². The van der Waals surface area contributed by atoms with Crippen LogP contribution in [0.2, 0.25) is 0 Å². The molecule has 0 saturated carbocycles. The van der Waals surface area contributed by atoms with Gasteiger partial charge in [0, 0.05) is 23.5 Å². The van der Waals surface area contributed by atoms with Gasteiger partial charge in [0.25, 0.3) is 0 Å². The van der Waals surface area contributed by atoms with E-state index in [-0.39, 0.29) is 6.42 Å². The number of rotatable bonds is 4. The van der Waals surface area contributed by atoms with Crippen LogP contribution in [0, 0.1) is 11.3 Å². The van der Waals surface area contributed by atoms with Gasteiger partial charge in [0.2, 0.25) is 0 Å². The Kier molecular flexibility index (Phi) is 3.92. The monoisotopic (exact) mass is 206 g/mol. The molecule has 2 unspecified atom stereocenters. The Bertz CT molecular complexity index is 386. The number of aliphatic hydroxyl groups excluding tert-OH is 2. The maximum Gasteiger partial charge on any atom is 0.151 e. The number of nitrogens with zero attached hydrogens (tertiary/aromatic N) is 2. The summed E-state index contributed by atoms with van der Waals surface area (Å²) < 4.78 is 0. The lowest BCUT2D eigenvalue weighted by molar-refractivity contribution is 0.0214. The van der Waals surface area contributed by atoms with E-state index in [9.17, 15) is 15.0 Å². The highest BCUT2D eigenvalue weighted by Crippen LogP contribution is 2.18. The molecule has 0 bridgehead atoms. The molecule has 78 valence electrons. The number of hydrogen-bond acceptors (Lipinski definition) is 5. The van der Waals surface area contributed by atoms with Crippen molar-refractivity contribution in [3.05, 3.63) is 29.6 Å². The molecule has 1 aromatic rings. The van der Waals surface area contributed by atoms with Crippen LogP contribution in [0.3, 0.4) is 0 Å². The zero-order chi connectivity index (χ0) is 11.3. The molecule has 2 atom stereocenters. The summed E-state index contributed by atoms with van der Waals surface area (Å²) in [6.45, 7) is 0. The first kappa shape index (κ1) is 11.3. The highest BCUT2D eigenvalue weighted by molar-refractivity contribution is 5.74. The van der Waals surface area contributed by atoms with Gasteiger partial charge in [0.1, 0.15) is 6.10 Å². The van der Waals surface area contributed by atoms with Crippen LogP contribution in [0.15, 0.2) is 18.5 Å². The average molecular weight is 206 g/mol. The minimum atomic E-state index is -1.20. The molecule has 1 heterocycles. The van der Waals surface area contributed by atoms with Crippen LogP contribution >= 0.6 is 0 Å². The fraction of sp³-hybridized carbons (Fsp3) is 0.300. The molecule has 0 aromatic carbocycles. The second-order valence-corrected chi connectivity index (χ2v) is 3.04. The van der Waals surface area contributed by atoms with Gasteiger partial charge in [0.05, 0.1) is 18.6 Å². The smallest absolute Gasteiger partial charge is 0.151 e. The molecule has 0 aliphatic carbocycles. The third kappa shape index (κ3) is 2.84. The van der Waals surface area contributed by atoms with Crippen LogP contribution in [0.5, 0.6) is 0 Å². The van der Waals surface area contributed by atoms with Gasteiger partial charge >= 0.3 is 0 Å². The molecule has 1 rings (SSSR count). The van der Waals surface area contributed by atoms with Crippen LogP contribution in [0.4, 0.5) is 0 Å². The molecule has 0 radical (unpaired) electrons. The second-order valence-electron chi connectivity index (χ2n) is 3.04. The Labute approximate surface area is 86.6 Å². The normalized spacial score (nSPS) is 13.9. The van der Waals surface area contributed by atoms with E-state index in [0.717, 1.165) is 0 Å². The van der Waals surface area contributed by atoms with Gasteiger partial charge < -0.3 is 10.2 Å². The van der Waals surface area contributed by atoms with Crippen LogP contribution in [-0.4, -0.2) is 27.6 Å². The van der Waals surface area contributed by atoms with Gasteiger partial charge in [-0.1, -0.05) is 0 Å². The summed E-state index contributed by atoms with van der Waals surface area (Å²) in [5.74, 6) is 0. The summed E-state index contributed by atoms with van der Waals surface area (Å²) in [4.78, 5) is 14.2. The summed E-state index contributed by atoms with van der Waals surface area (Å²) in [6, 6.07) is 3.17. The number of aldehydes is 1. The Morgan fingerprint density at radius 3 is 2.87 bits per heavy atom. The predicted octanol–water partition coefficient (Wildman–Crippen LogP) is 0.202. The number of carbonyl (C=O) groups excluding carboxylic acids is 1. The first-order valence-electron chi connectivity index (χ1n) is 4.32. The molecule has 0 fully saturated rings. The van der Waals surface area contributed by atoms with Crippen molar-refractivity contribution in [3.8, 4) is 6.07 Å². The molecule has 5 heteroatoms. The summed E-state index contributed by atoms with van der Waals surface area (Å²) >= 11 is 0. The summed E-state index contributed by atoms with van der Waals surface area (Å²) in [7, 11) is 0. The first-order valence-corrected chi connectivity index (χ1v) is 4.32. The number of carbonyl (C=O) groups is 1. The maximum atomic E-state index is 10.4. The standard InChI is InChI=1S/C10H10N2O3/c11-2-1-9(14)10(15)8-3-7(6-13)4-12-5-8/h3-6,9-10,14-15H,1H2. The number of hydrogen-bond donors (Lipinski definition) is 2. The number of pyridine rings is 1. The van der Waals surface area contributed by atoms with Crippen LogP contribution < -0.4 is 0 Å².